The molecular formula is C17H17NO6S. The monoisotopic (exact) mass is 363 g/mol. The average molecular weight is 363 g/mol. The van der Waals surface area contributed by atoms with Gasteiger partial charge in [-0.1, -0.05) is 24.3 Å². The van der Waals surface area contributed by atoms with Crippen molar-refractivity contribution in [2.24, 2.45) is 0 Å². The van der Waals surface area contributed by atoms with Gasteiger partial charge in [-0.15, -0.1) is 0 Å². The van der Waals surface area contributed by atoms with Crippen molar-refractivity contribution in [3.8, 4) is 5.75 Å². The summed E-state index contributed by atoms with van der Waals surface area (Å²) in [7, 11) is -2.13. The van der Waals surface area contributed by atoms with E-state index < -0.39 is 28.3 Å². The number of ether oxygens (including phenoxy) is 2. The summed E-state index contributed by atoms with van der Waals surface area (Å²) in [4.78, 5) is 23.9. The number of nitrogens with one attached hydrogen (secondary N) is 1. The molecule has 1 N–H and O–H groups in total. The highest BCUT2D eigenvalue weighted by molar-refractivity contribution is 7.90. The molecule has 2 aromatic rings. The van der Waals surface area contributed by atoms with Gasteiger partial charge in [-0.3, -0.25) is 4.79 Å². The molecule has 0 radical (unpaired) electrons. The molecule has 0 saturated heterocycles. The van der Waals surface area contributed by atoms with E-state index in [0.29, 0.717) is 11.4 Å². The van der Waals surface area contributed by atoms with Gasteiger partial charge >= 0.3 is 5.97 Å². The smallest absolute Gasteiger partial charge is 0.339 e. The lowest BCUT2D eigenvalue weighted by Gasteiger charge is -2.11. The molecule has 0 unspecified atom stereocenters. The minimum absolute atomic E-state index is 0.116. The van der Waals surface area contributed by atoms with Gasteiger partial charge in [0.15, 0.2) is 16.4 Å². The standard InChI is InChI=1S/C17H17NO6S/c1-23-14-9-5-4-8-13(14)18-16(19)11-24-17(20)12-7-3-6-10-15(12)25(2,21)22/h3-10H,11H2,1-2H3,(H,18,19). The first kappa shape index (κ1) is 18.5. The molecule has 7 nitrogen and oxygen atoms in total. The quantitative estimate of drug-likeness (QED) is 0.787. The SMILES string of the molecule is COc1ccccc1NC(=O)COC(=O)c1ccccc1S(C)(=O)=O. The summed E-state index contributed by atoms with van der Waals surface area (Å²) in [5.41, 5.74) is 0.317. The van der Waals surface area contributed by atoms with Gasteiger partial charge in [0.1, 0.15) is 5.75 Å². The summed E-state index contributed by atoms with van der Waals surface area (Å²) in [6.07, 6.45) is 0.994. The number of hydrogen-bond acceptors (Lipinski definition) is 6. The molecule has 1 amide bonds. The van der Waals surface area contributed by atoms with E-state index in [1.54, 1.807) is 24.3 Å². The van der Waals surface area contributed by atoms with Gasteiger partial charge in [-0.05, 0) is 24.3 Å². The first-order valence-electron chi connectivity index (χ1n) is 7.22. The number of anilines is 1. The van der Waals surface area contributed by atoms with Gasteiger partial charge in [0.25, 0.3) is 5.91 Å². The normalized spacial score (nSPS) is 10.8. The van der Waals surface area contributed by atoms with Gasteiger partial charge in [0, 0.05) is 6.26 Å². The maximum atomic E-state index is 12.1. The second kappa shape index (κ2) is 7.80. The molecule has 0 bridgehead atoms. The Morgan fingerprint density at radius 3 is 2.36 bits per heavy atom. The molecule has 0 aliphatic heterocycles. The van der Waals surface area contributed by atoms with E-state index >= 15 is 0 Å². The number of amides is 1. The van der Waals surface area contributed by atoms with Crippen molar-refractivity contribution in [3.05, 3.63) is 54.1 Å². The molecule has 8 heteroatoms. The maximum absolute atomic E-state index is 12.1. The van der Waals surface area contributed by atoms with Crippen LogP contribution in [-0.2, 0) is 19.4 Å². The zero-order valence-corrected chi connectivity index (χ0v) is 14.5. The van der Waals surface area contributed by atoms with Crippen LogP contribution in [0.15, 0.2) is 53.4 Å². The molecule has 25 heavy (non-hydrogen) atoms. The highest BCUT2D eigenvalue weighted by Gasteiger charge is 2.20. The van der Waals surface area contributed by atoms with Crippen LogP contribution >= 0.6 is 0 Å². The van der Waals surface area contributed by atoms with Crippen molar-refractivity contribution in [3.63, 3.8) is 0 Å². The number of rotatable bonds is 6. The number of carbonyl (C=O) groups excluding carboxylic acids is 2. The van der Waals surface area contributed by atoms with Crippen LogP contribution < -0.4 is 10.1 Å². The van der Waals surface area contributed by atoms with Crippen LogP contribution in [0, 0.1) is 0 Å². The zero-order valence-electron chi connectivity index (χ0n) is 13.7. The second-order valence-corrected chi connectivity index (χ2v) is 7.08. The fraction of sp³-hybridized carbons (Fsp3) is 0.176. The molecule has 0 spiro atoms. The summed E-state index contributed by atoms with van der Waals surface area (Å²) in [6, 6.07) is 12.4. The molecule has 2 rings (SSSR count). The summed E-state index contributed by atoms with van der Waals surface area (Å²) in [5.74, 6) is -1.00. The molecule has 0 saturated carbocycles. The Bertz CT molecular complexity index is 892. The van der Waals surface area contributed by atoms with E-state index in [1.807, 2.05) is 0 Å². The Labute approximate surface area is 145 Å². The summed E-state index contributed by atoms with van der Waals surface area (Å²) in [6.45, 7) is -0.561. The van der Waals surface area contributed by atoms with Crippen LogP contribution in [0.4, 0.5) is 5.69 Å². The Morgan fingerprint density at radius 1 is 1.04 bits per heavy atom. The topological polar surface area (TPSA) is 98.8 Å². The summed E-state index contributed by atoms with van der Waals surface area (Å²) in [5, 5.41) is 2.55. The van der Waals surface area contributed by atoms with Gasteiger partial charge in [0.05, 0.1) is 23.3 Å². The number of sulfone groups is 1. The van der Waals surface area contributed by atoms with E-state index in [0.717, 1.165) is 6.26 Å². The summed E-state index contributed by atoms with van der Waals surface area (Å²) < 4.78 is 33.4. The fourth-order valence-electron chi connectivity index (χ4n) is 2.10. The van der Waals surface area contributed by atoms with Crippen molar-refractivity contribution in [2.45, 2.75) is 4.90 Å². The zero-order chi connectivity index (χ0) is 18.4. The third kappa shape index (κ3) is 4.80. The Kier molecular flexibility index (Phi) is 5.76. The lowest BCUT2D eigenvalue weighted by molar-refractivity contribution is -0.119. The van der Waals surface area contributed by atoms with E-state index in [1.165, 1.54) is 31.4 Å². The van der Waals surface area contributed by atoms with E-state index in [9.17, 15) is 18.0 Å². The predicted molar refractivity (Wildman–Crippen MR) is 91.5 cm³/mol. The number of hydrogen-bond donors (Lipinski definition) is 1. The van der Waals surface area contributed by atoms with Crippen LogP contribution in [0.1, 0.15) is 10.4 Å². The first-order valence-corrected chi connectivity index (χ1v) is 9.11. The third-order valence-corrected chi connectivity index (χ3v) is 4.38. The molecule has 2 aromatic carbocycles. The minimum atomic E-state index is -3.59. The molecular weight excluding hydrogens is 346 g/mol. The van der Waals surface area contributed by atoms with Crippen LogP contribution in [0.5, 0.6) is 5.75 Å². The van der Waals surface area contributed by atoms with Crippen molar-refractivity contribution < 1.29 is 27.5 Å². The van der Waals surface area contributed by atoms with Gasteiger partial charge in [-0.25, -0.2) is 13.2 Å². The van der Waals surface area contributed by atoms with Crippen molar-refractivity contribution in [1.82, 2.24) is 0 Å². The van der Waals surface area contributed by atoms with Crippen molar-refractivity contribution in [1.29, 1.82) is 0 Å². The van der Waals surface area contributed by atoms with Crippen LogP contribution in [-0.4, -0.2) is 40.3 Å². The molecule has 0 heterocycles. The highest BCUT2D eigenvalue weighted by atomic mass is 32.2. The molecule has 0 aliphatic rings. The molecule has 0 aliphatic carbocycles. The largest absolute Gasteiger partial charge is 0.495 e. The Morgan fingerprint density at radius 2 is 1.68 bits per heavy atom. The lowest BCUT2D eigenvalue weighted by Crippen LogP contribution is -2.22. The lowest BCUT2D eigenvalue weighted by atomic mass is 10.2. The van der Waals surface area contributed by atoms with Gasteiger partial charge in [-0.2, -0.15) is 0 Å². The number of benzene rings is 2. The number of para-hydroxylation sites is 2. The first-order chi connectivity index (χ1) is 11.8. The maximum Gasteiger partial charge on any atom is 0.339 e. The van der Waals surface area contributed by atoms with E-state index in [2.05, 4.69) is 5.32 Å². The van der Waals surface area contributed by atoms with Crippen LogP contribution in [0.2, 0.25) is 0 Å². The molecule has 0 aromatic heterocycles. The predicted octanol–water partition coefficient (Wildman–Crippen LogP) is 1.89. The molecule has 0 atom stereocenters. The number of carbonyl (C=O) groups is 2. The van der Waals surface area contributed by atoms with Crippen LogP contribution in [0.3, 0.4) is 0 Å². The Hall–Kier alpha value is -2.87. The second-order valence-electron chi connectivity index (χ2n) is 5.09. The third-order valence-electron chi connectivity index (χ3n) is 3.22. The highest BCUT2D eigenvalue weighted by Crippen LogP contribution is 2.23. The molecule has 0 fully saturated rings. The summed E-state index contributed by atoms with van der Waals surface area (Å²) >= 11 is 0. The molecule has 132 valence electrons. The van der Waals surface area contributed by atoms with Crippen molar-refractivity contribution in [2.75, 3.05) is 25.3 Å². The van der Waals surface area contributed by atoms with Gasteiger partial charge < -0.3 is 14.8 Å². The van der Waals surface area contributed by atoms with E-state index in [-0.39, 0.29) is 10.5 Å². The fourth-order valence-corrected chi connectivity index (χ4v) is 2.98. The van der Waals surface area contributed by atoms with Gasteiger partial charge in [0.2, 0.25) is 0 Å². The average Bonchev–Trinajstić information content (AvgIpc) is 2.59. The minimum Gasteiger partial charge on any atom is -0.495 e. The number of esters is 1. The Balaban J connectivity index is 2.05. The van der Waals surface area contributed by atoms with E-state index in [4.69, 9.17) is 9.47 Å². The van der Waals surface area contributed by atoms with Crippen molar-refractivity contribution >= 4 is 27.4 Å². The van der Waals surface area contributed by atoms with Crippen LogP contribution in [0.25, 0.3) is 0 Å². The number of methoxy groups -OCH3 is 1.